The topological polar surface area (TPSA) is 59.3 Å². The Kier molecular flexibility index (Phi) is 7.60. The number of phenolic OH excluding ortho intramolecular Hbond substituents is 1. The van der Waals surface area contributed by atoms with E-state index in [0.717, 1.165) is 42.5 Å². The first-order valence-electron chi connectivity index (χ1n) is 7.33. The molecule has 1 fully saturated rings. The third-order valence-corrected chi connectivity index (χ3v) is 4.16. The molecule has 0 spiro atoms. The Morgan fingerprint density at radius 2 is 1.83 bits per heavy atom. The minimum atomic E-state index is -0.0526. The van der Waals surface area contributed by atoms with Gasteiger partial charge in [0.25, 0.3) is 0 Å². The molecule has 0 unspecified atom stereocenters. The molecule has 2 N–H and O–H groups in total. The lowest BCUT2D eigenvalue weighted by atomic mass is 9.94. The molecule has 3 rings (SSSR count). The zero-order chi connectivity index (χ0) is 14.7. The normalized spacial score (nSPS) is 16.0. The SMILES string of the molecule is Cl.Cl.N#CC[C@H](c1c(O)ccc2ccccc12)N1CCNCC1. The zero-order valence-corrected chi connectivity index (χ0v) is 14.4. The highest BCUT2D eigenvalue weighted by molar-refractivity contribution is 5.88. The molecule has 1 atom stereocenters. The molecule has 1 aliphatic rings. The van der Waals surface area contributed by atoms with Crippen LogP contribution in [0.5, 0.6) is 5.75 Å². The molecule has 0 aromatic heterocycles. The summed E-state index contributed by atoms with van der Waals surface area (Å²) in [6.45, 7) is 3.64. The van der Waals surface area contributed by atoms with E-state index >= 15 is 0 Å². The lowest BCUT2D eigenvalue weighted by Crippen LogP contribution is -2.45. The van der Waals surface area contributed by atoms with Gasteiger partial charge in [0.2, 0.25) is 0 Å². The van der Waals surface area contributed by atoms with Crippen LogP contribution in [0.15, 0.2) is 36.4 Å². The van der Waals surface area contributed by atoms with E-state index in [1.807, 2.05) is 30.3 Å². The van der Waals surface area contributed by atoms with Gasteiger partial charge in [-0.1, -0.05) is 30.3 Å². The van der Waals surface area contributed by atoms with Crippen molar-refractivity contribution in [3.05, 3.63) is 42.0 Å². The summed E-state index contributed by atoms with van der Waals surface area (Å²) in [7, 11) is 0. The van der Waals surface area contributed by atoms with Gasteiger partial charge in [-0.15, -0.1) is 24.8 Å². The number of piperazine rings is 1. The fourth-order valence-electron chi connectivity index (χ4n) is 3.13. The van der Waals surface area contributed by atoms with Gasteiger partial charge in [0.15, 0.2) is 0 Å². The molecule has 4 nitrogen and oxygen atoms in total. The van der Waals surface area contributed by atoms with Crippen LogP contribution < -0.4 is 5.32 Å². The fraction of sp³-hybridized carbons (Fsp3) is 0.353. The summed E-state index contributed by atoms with van der Waals surface area (Å²) in [5.74, 6) is 0.285. The van der Waals surface area contributed by atoms with Crippen LogP contribution in [-0.2, 0) is 0 Å². The highest BCUT2D eigenvalue weighted by Gasteiger charge is 2.25. The summed E-state index contributed by atoms with van der Waals surface area (Å²) in [5.41, 5.74) is 0.886. The minimum absolute atomic E-state index is 0. The standard InChI is InChI=1S/C17H19N3O.2ClH/c18-8-7-15(20-11-9-19-10-12-20)17-14-4-2-1-3-13(14)5-6-16(17)21;;/h1-6,15,19,21H,7,9-12H2;2*1H/t15-;;/m1../s1. The largest absolute Gasteiger partial charge is 0.508 e. The van der Waals surface area contributed by atoms with Gasteiger partial charge in [0.05, 0.1) is 18.5 Å². The first-order chi connectivity index (χ1) is 10.3. The van der Waals surface area contributed by atoms with E-state index in [0.29, 0.717) is 6.42 Å². The van der Waals surface area contributed by atoms with Crippen LogP contribution in [0.3, 0.4) is 0 Å². The van der Waals surface area contributed by atoms with Crippen molar-refractivity contribution in [1.82, 2.24) is 10.2 Å². The summed E-state index contributed by atoms with van der Waals surface area (Å²) in [6, 6.07) is 13.9. The van der Waals surface area contributed by atoms with Crippen LogP contribution in [0.4, 0.5) is 0 Å². The predicted octanol–water partition coefficient (Wildman–Crippen LogP) is 3.25. The van der Waals surface area contributed by atoms with E-state index in [1.165, 1.54) is 0 Å². The van der Waals surface area contributed by atoms with Crippen LogP contribution in [-0.4, -0.2) is 36.2 Å². The van der Waals surface area contributed by atoms with Gasteiger partial charge in [-0.2, -0.15) is 5.26 Å². The van der Waals surface area contributed by atoms with E-state index in [4.69, 9.17) is 0 Å². The smallest absolute Gasteiger partial charge is 0.121 e. The van der Waals surface area contributed by atoms with Crippen LogP contribution >= 0.6 is 24.8 Å². The molecule has 1 saturated heterocycles. The van der Waals surface area contributed by atoms with Crippen molar-refractivity contribution >= 4 is 35.6 Å². The number of nitrogens with one attached hydrogen (secondary N) is 1. The number of rotatable bonds is 3. The molecule has 0 aliphatic carbocycles. The Labute approximate surface area is 148 Å². The van der Waals surface area contributed by atoms with Gasteiger partial charge >= 0.3 is 0 Å². The lowest BCUT2D eigenvalue weighted by molar-refractivity contribution is 0.174. The monoisotopic (exact) mass is 353 g/mol. The number of benzene rings is 2. The first-order valence-corrected chi connectivity index (χ1v) is 7.33. The number of aromatic hydroxyl groups is 1. The number of phenols is 1. The van der Waals surface area contributed by atoms with E-state index in [9.17, 15) is 10.4 Å². The second kappa shape index (κ2) is 8.95. The molecule has 124 valence electrons. The summed E-state index contributed by atoms with van der Waals surface area (Å²) in [4.78, 5) is 2.29. The Morgan fingerprint density at radius 3 is 2.52 bits per heavy atom. The minimum Gasteiger partial charge on any atom is -0.508 e. The van der Waals surface area contributed by atoms with Crippen molar-refractivity contribution in [3.63, 3.8) is 0 Å². The van der Waals surface area contributed by atoms with Crippen molar-refractivity contribution in [2.24, 2.45) is 0 Å². The van der Waals surface area contributed by atoms with Gasteiger partial charge in [-0.05, 0) is 16.8 Å². The highest BCUT2D eigenvalue weighted by Crippen LogP contribution is 2.37. The molecule has 23 heavy (non-hydrogen) atoms. The number of hydrogen-bond acceptors (Lipinski definition) is 4. The van der Waals surface area contributed by atoms with Gasteiger partial charge < -0.3 is 10.4 Å². The number of hydrogen-bond donors (Lipinski definition) is 2. The quantitative estimate of drug-likeness (QED) is 0.888. The Bertz CT molecular complexity index is 681. The van der Waals surface area contributed by atoms with Gasteiger partial charge in [-0.3, -0.25) is 4.90 Å². The average Bonchev–Trinajstić information content (AvgIpc) is 2.54. The third-order valence-electron chi connectivity index (χ3n) is 4.16. The second-order valence-corrected chi connectivity index (χ2v) is 5.38. The number of nitrogens with zero attached hydrogens (tertiary/aromatic N) is 2. The molecule has 1 aliphatic heterocycles. The lowest BCUT2D eigenvalue weighted by Gasteiger charge is -2.34. The van der Waals surface area contributed by atoms with Crippen molar-refractivity contribution in [1.29, 1.82) is 5.26 Å². The van der Waals surface area contributed by atoms with Crippen LogP contribution in [0, 0.1) is 11.3 Å². The molecule has 0 bridgehead atoms. The molecule has 0 saturated carbocycles. The molecular weight excluding hydrogens is 333 g/mol. The molecule has 1 heterocycles. The maximum Gasteiger partial charge on any atom is 0.121 e. The summed E-state index contributed by atoms with van der Waals surface area (Å²) in [6.07, 6.45) is 0.390. The fourth-order valence-corrected chi connectivity index (χ4v) is 3.13. The molecule has 6 heteroatoms. The zero-order valence-electron chi connectivity index (χ0n) is 12.7. The van der Waals surface area contributed by atoms with Crippen LogP contribution in [0.2, 0.25) is 0 Å². The molecular formula is C17H21Cl2N3O. The summed E-state index contributed by atoms with van der Waals surface area (Å²) in [5, 5.41) is 25.1. The van der Waals surface area contributed by atoms with Crippen molar-refractivity contribution < 1.29 is 5.11 Å². The van der Waals surface area contributed by atoms with Crippen molar-refractivity contribution in [3.8, 4) is 11.8 Å². The highest BCUT2D eigenvalue weighted by atomic mass is 35.5. The first kappa shape index (κ1) is 19.5. The van der Waals surface area contributed by atoms with Crippen molar-refractivity contribution in [2.75, 3.05) is 26.2 Å². The van der Waals surface area contributed by atoms with Gasteiger partial charge in [0.1, 0.15) is 5.75 Å². The van der Waals surface area contributed by atoms with Gasteiger partial charge in [-0.25, -0.2) is 0 Å². The van der Waals surface area contributed by atoms with Crippen LogP contribution in [0.25, 0.3) is 10.8 Å². The van der Waals surface area contributed by atoms with Crippen molar-refractivity contribution in [2.45, 2.75) is 12.5 Å². The third kappa shape index (κ3) is 4.07. The molecule has 2 aromatic carbocycles. The predicted molar refractivity (Wildman–Crippen MR) is 97.5 cm³/mol. The molecule has 2 aromatic rings. The van der Waals surface area contributed by atoms with E-state index < -0.39 is 0 Å². The average molecular weight is 354 g/mol. The van der Waals surface area contributed by atoms with E-state index in [1.54, 1.807) is 6.07 Å². The van der Waals surface area contributed by atoms with E-state index in [-0.39, 0.29) is 36.6 Å². The number of nitriles is 1. The maximum atomic E-state index is 10.4. The number of halogens is 2. The Hall–Kier alpha value is -1.51. The van der Waals surface area contributed by atoms with Crippen LogP contribution in [0.1, 0.15) is 18.0 Å². The Morgan fingerprint density at radius 1 is 1.13 bits per heavy atom. The number of fused-ring (bicyclic) bond motifs is 1. The Balaban J connectivity index is 0.00000132. The second-order valence-electron chi connectivity index (χ2n) is 5.38. The molecule has 0 amide bonds. The maximum absolute atomic E-state index is 10.4. The van der Waals surface area contributed by atoms with E-state index in [2.05, 4.69) is 16.3 Å². The molecule has 0 radical (unpaired) electrons. The van der Waals surface area contributed by atoms with Gasteiger partial charge in [0, 0.05) is 31.7 Å². The summed E-state index contributed by atoms with van der Waals surface area (Å²) >= 11 is 0. The summed E-state index contributed by atoms with van der Waals surface area (Å²) < 4.78 is 0.